The molecular weight excluding hydrogens is 398 g/mol. The Labute approximate surface area is 179 Å². The Morgan fingerprint density at radius 3 is 2.65 bits per heavy atom. The van der Waals surface area contributed by atoms with Gasteiger partial charge in [-0.15, -0.1) is 0 Å². The van der Waals surface area contributed by atoms with E-state index in [4.69, 9.17) is 23.7 Å². The Kier molecular flexibility index (Phi) is 5.90. The van der Waals surface area contributed by atoms with E-state index < -0.39 is 12.1 Å². The quantitative estimate of drug-likeness (QED) is 0.534. The van der Waals surface area contributed by atoms with Crippen molar-refractivity contribution >= 4 is 5.97 Å². The highest BCUT2D eigenvalue weighted by molar-refractivity contribution is 5.77. The molecule has 1 aliphatic heterocycles. The van der Waals surface area contributed by atoms with Crippen LogP contribution in [-0.2, 0) is 16.1 Å². The number of hydrogen-bond acceptors (Lipinski definition) is 7. The average molecular weight is 417 g/mol. The number of nitriles is 1. The van der Waals surface area contributed by atoms with Crippen molar-refractivity contribution in [3.8, 4) is 29.1 Å². The number of hydrogen-bond donors (Lipinski definition) is 0. The molecule has 3 aromatic carbocycles. The van der Waals surface area contributed by atoms with E-state index in [1.165, 1.54) is 7.11 Å². The van der Waals surface area contributed by atoms with Crippen molar-refractivity contribution in [3.05, 3.63) is 83.4 Å². The van der Waals surface area contributed by atoms with Crippen molar-refractivity contribution in [2.75, 3.05) is 13.9 Å². The van der Waals surface area contributed by atoms with Crippen molar-refractivity contribution in [2.45, 2.75) is 12.7 Å². The van der Waals surface area contributed by atoms with Crippen LogP contribution in [0.4, 0.5) is 0 Å². The lowest BCUT2D eigenvalue weighted by atomic mass is 10.1. The Bertz CT molecular complexity index is 1120. The summed E-state index contributed by atoms with van der Waals surface area (Å²) in [6.07, 6.45) is -1.01. The van der Waals surface area contributed by atoms with Crippen LogP contribution >= 0.6 is 0 Å². The molecule has 7 nitrogen and oxygen atoms in total. The Hall–Kier alpha value is -4.18. The molecule has 0 aromatic heterocycles. The molecule has 0 bridgehead atoms. The maximum absolute atomic E-state index is 12.3. The molecule has 3 aromatic rings. The number of fused-ring (bicyclic) bond motifs is 1. The lowest BCUT2D eigenvalue weighted by Crippen LogP contribution is -2.20. The molecular formula is C24H19NO6. The molecule has 31 heavy (non-hydrogen) atoms. The summed E-state index contributed by atoms with van der Waals surface area (Å²) in [6.45, 7) is 0.486. The highest BCUT2D eigenvalue weighted by Crippen LogP contribution is 2.33. The summed E-state index contributed by atoms with van der Waals surface area (Å²) in [4.78, 5) is 12.3. The Morgan fingerprint density at radius 2 is 1.87 bits per heavy atom. The smallest absolute Gasteiger partial charge is 0.351 e. The minimum Gasteiger partial charge on any atom is -0.489 e. The SMILES string of the molecule is COC(=O)C(Oc1cc(OCc2ccc3c(c2)OCO3)ccc1C#N)c1ccccc1. The summed E-state index contributed by atoms with van der Waals surface area (Å²) < 4.78 is 27.4. The average Bonchev–Trinajstić information content (AvgIpc) is 3.29. The highest BCUT2D eigenvalue weighted by Gasteiger charge is 2.25. The zero-order valence-electron chi connectivity index (χ0n) is 16.7. The molecule has 0 amide bonds. The molecule has 1 heterocycles. The standard InChI is InChI=1S/C24H19NO6/c1-27-24(26)23(17-5-3-2-4-6-17)31-21-12-19(9-8-18(21)13-25)28-14-16-7-10-20-22(11-16)30-15-29-20/h2-12,23H,14-15H2,1H3. The van der Waals surface area contributed by atoms with Crippen molar-refractivity contribution in [3.63, 3.8) is 0 Å². The van der Waals surface area contributed by atoms with Gasteiger partial charge in [0.2, 0.25) is 12.9 Å². The fraction of sp³-hybridized carbons (Fsp3) is 0.167. The molecule has 1 atom stereocenters. The van der Waals surface area contributed by atoms with Crippen LogP contribution in [-0.4, -0.2) is 19.9 Å². The fourth-order valence-electron chi connectivity index (χ4n) is 3.09. The third-order valence-electron chi connectivity index (χ3n) is 4.68. The normalized spacial score (nSPS) is 12.5. The van der Waals surface area contributed by atoms with Gasteiger partial charge in [0.15, 0.2) is 11.5 Å². The van der Waals surface area contributed by atoms with Crippen LogP contribution in [0.1, 0.15) is 22.8 Å². The molecule has 0 N–H and O–H groups in total. The molecule has 7 heteroatoms. The van der Waals surface area contributed by atoms with Gasteiger partial charge in [0, 0.05) is 11.6 Å². The minimum absolute atomic E-state index is 0.207. The van der Waals surface area contributed by atoms with Crippen LogP contribution in [0.15, 0.2) is 66.7 Å². The lowest BCUT2D eigenvalue weighted by Gasteiger charge is -2.18. The van der Waals surface area contributed by atoms with Crippen molar-refractivity contribution in [1.82, 2.24) is 0 Å². The van der Waals surface area contributed by atoms with E-state index in [2.05, 4.69) is 6.07 Å². The second kappa shape index (κ2) is 9.09. The molecule has 0 radical (unpaired) electrons. The summed E-state index contributed by atoms with van der Waals surface area (Å²) in [6, 6.07) is 21.4. The van der Waals surface area contributed by atoms with E-state index in [0.29, 0.717) is 22.8 Å². The van der Waals surface area contributed by atoms with E-state index in [1.54, 1.807) is 42.5 Å². The zero-order valence-corrected chi connectivity index (χ0v) is 16.7. The maximum atomic E-state index is 12.3. The number of methoxy groups -OCH3 is 1. The number of benzene rings is 3. The molecule has 1 aliphatic rings. The Balaban J connectivity index is 1.54. The second-order valence-corrected chi connectivity index (χ2v) is 6.68. The predicted octanol–water partition coefficient (Wildman–Crippen LogP) is 4.16. The number of esters is 1. The van der Waals surface area contributed by atoms with Gasteiger partial charge in [0.05, 0.1) is 12.7 Å². The first-order valence-electron chi connectivity index (χ1n) is 9.53. The second-order valence-electron chi connectivity index (χ2n) is 6.68. The molecule has 1 unspecified atom stereocenters. The van der Waals surface area contributed by atoms with Gasteiger partial charge < -0.3 is 23.7 Å². The highest BCUT2D eigenvalue weighted by atomic mass is 16.7. The van der Waals surface area contributed by atoms with Crippen molar-refractivity contribution < 1.29 is 28.5 Å². The summed E-state index contributed by atoms with van der Waals surface area (Å²) in [7, 11) is 1.29. The van der Waals surface area contributed by atoms with Gasteiger partial charge in [-0.3, -0.25) is 0 Å². The Morgan fingerprint density at radius 1 is 1.06 bits per heavy atom. The maximum Gasteiger partial charge on any atom is 0.351 e. The number of rotatable bonds is 7. The van der Waals surface area contributed by atoms with E-state index in [1.807, 2.05) is 24.3 Å². The van der Waals surface area contributed by atoms with Crippen molar-refractivity contribution in [1.29, 1.82) is 5.26 Å². The fourth-order valence-corrected chi connectivity index (χ4v) is 3.09. The van der Waals surface area contributed by atoms with Crippen LogP contribution in [0.3, 0.4) is 0 Å². The van der Waals surface area contributed by atoms with Gasteiger partial charge in [-0.1, -0.05) is 36.4 Å². The molecule has 156 valence electrons. The van der Waals surface area contributed by atoms with Gasteiger partial charge in [-0.05, 0) is 29.8 Å². The monoisotopic (exact) mass is 417 g/mol. The van der Waals surface area contributed by atoms with E-state index in [0.717, 1.165) is 5.56 Å². The molecule has 0 fully saturated rings. The van der Waals surface area contributed by atoms with Gasteiger partial charge in [-0.2, -0.15) is 5.26 Å². The molecule has 0 spiro atoms. The third-order valence-corrected chi connectivity index (χ3v) is 4.68. The van der Waals surface area contributed by atoms with E-state index in [-0.39, 0.29) is 24.7 Å². The molecule has 4 rings (SSSR count). The summed E-state index contributed by atoms with van der Waals surface area (Å²) in [5.74, 6) is 1.52. The first-order chi connectivity index (χ1) is 15.2. The van der Waals surface area contributed by atoms with Gasteiger partial charge in [-0.25, -0.2) is 4.79 Å². The van der Waals surface area contributed by atoms with Gasteiger partial charge in [0.1, 0.15) is 24.2 Å². The molecule has 0 aliphatic carbocycles. The summed E-state index contributed by atoms with van der Waals surface area (Å²) in [5, 5.41) is 9.47. The third kappa shape index (κ3) is 4.54. The first kappa shape index (κ1) is 20.1. The number of ether oxygens (including phenoxy) is 5. The first-order valence-corrected chi connectivity index (χ1v) is 9.53. The topological polar surface area (TPSA) is 87.0 Å². The molecule has 0 saturated carbocycles. The predicted molar refractivity (Wildman–Crippen MR) is 110 cm³/mol. The van der Waals surface area contributed by atoms with Crippen LogP contribution in [0.5, 0.6) is 23.0 Å². The molecule has 0 saturated heterocycles. The van der Waals surface area contributed by atoms with E-state index in [9.17, 15) is 10.1 Å². The van der Waals surface area contributed by atoms with Crippen LogP contribution in [0.25, 0.3) is 0 Å². The summed E-state index contributed by atoms with van der Waals surface area (Å²) in [5.41, 5.74) is 1.79. The zero-order chi connectivity index (χ0) is 21.6. The van der Waals surface area contributed by atoms with Gasteiger partial charge >= 0.3 is 5.97 Å². The summed E-state index contributed by atoms with van der Waals surface area (Å²) >= 11 is 0. The lowest BCUT2D eigenvalue weighted by molar-refractivity contribution is -0.149. The van der Waals surface area contributed by atoms with Crippen LogP contribution in [0.2, 0.25) is 0 Å². The van der Waals surface area contributed by atoms with Crippen LogP contribution < -0.4 is 18.9 Å². The number of carbonyl (C=O) groups excluding carboxylic acids is 1. The van der Waals surface area contributed by atoms with Gasteiger partial charge in [0.25, 0.3) is 0 Å². The van der Waals surface area contributed by atoms with Crippen LogP contribution in [0, 0.1) is 11.3 Å². The largest absolute Gasteiger partial charge is 0.489 e. The van der Waals surface area contributed by atoms with Crippen molar-refractivity contribution in [2.24, 2.45) is 0 Å². The minimum atomic E-state index is -1.01. The number of nitrogens with zero attached hydrogens (tertiary/aromatic N) is 1. The van der Waals surface area contributed by atoms with E-state index >= 15 is 0 Å². The number of carbonyl (C=O) groups is 1.